The van der Waals surface area contributed by atoms with E-state index in [1.807, 2.05) is 49.5 Å². The fourth-order valence-electron chi connectivity index (χ4n) is 2.11. The van der Waals surface area contributed by atoms with Gasteiger partial charge in [-0.2, -0.15) is 5.10 Å². The highest BCUT2D eigenvalue weighted by Crippen LogP contribution is 2.34. The zero-order chi connectivity index (χ0) is 14.1. The third-order valence-electron chi connectivity index (χ3n) is 3.13. The van der Waals surface area contributed by atoms with E-state index in [-0.39, 0.29) is 0 Å². The minimum atomic E-state index is 0.613. The van der Waals surface area contributed by atoms with Crippen molar-refractivity contribution < 1.29 is 0 Å². The summed E-state index contributed by atoms with van der Waals surface area (Å²) in [5, 5.41) is 4.52. The third-order valence-corrected chi connectivity index (χ3v) is 3.66. The van der Waals surface area contributed by atoms with Crippen molar-refractivity contribution in [3.05, 3.63) is 53.1 Å². The lowest BCUT2D eigenvalue weighted by molar-refractivity contribution is 0.782. The number of benzene rings is 1. The van der Waals surface area contributed by atoms with Gasteiger partial charge in [-0.15, -0.1) is 0 Å². The predicted molar refractivity (Wildman–Crippen MR) is 84.0 cm³/mol. The van der Waals surface area contributed by atoms with E-state index in [0.29, 0.717) is 5.82 Å². The van der Waals surface area contributed by atoms with E-state index < -0.39 is 0 Å². The molecule has 0 radical (unpaired) electrons. The third kappa shape index (κ3) is 2.20. The summed E-state index contributed by atoms with van der Waals surface area (Å²) in [6.45, 7) is 0. The molecule has 0 atom stereocenters. The molecule has 0 aliphatic carbocycles. The molecule has 0 spiro atoms. The van der Waals surface area contributed by atoms with Gasteiger partial charge in [-0.05, 0) is 24.3 Å². The minimum absolute atomic E-state index is 0.613. The van der Waals surface area contributed by atoms with Gasteiger partial charge in [-0.3, -0.25) is 9.67 Å². The van der Waals surface area contributed by atoms with Crippen LogP contribution >= 0.6 is 15.9 Å². The Morgan fingerprint density at radius 2 is 1.85 bits per heavy atom. The van der Waals surface area contributed by atoms with Crippen molar-refractivity contribution in [2.45, 2.75) is 0 Å². The average molecular weight is 329 g/mol. The van der Waals surface area contributed by atoms with Crippen LogP contribution in [-0.2, 0) is 7.05 Å². The van der Waals surface area contributed by atoms with Gasteiger partial charge < -0.3 is 5.73 Å². The van der Waals surface area contributed by atoms with Gasteiger partial charge in [0.1, 0.15) is 11.5 Å². The number of halogens is 1. The van der Waals surface area contributed by atoms with Crippen molar-refractivity contribution in [2.75, 3.05) is 5.73 Å². The van der Waals surface area contributed by atoms with Crippen LogP contribution in [0.5, 0.6) is 0 Å². The maximum Gasteiger partial charge on any atom is 0.131 e. The first-order valence-electron chi connectivity index (χ1n) is 6.16. The molecule has 0 bridgehead atoms. The summed E-state index contributed by atoms with van der Waals surface area (Å²) in [5.41, 5.74) is 9.71. The van der Waals surface area contributed by atoms with E-state index in [9.17, 15) is 0 Å². The van der Waals surface area contributed by atoms with Crippen LogP contribution in [0.1, 0.15) is 0 Å². The smallest absolute Gasteiger partial charge is 0.131 e. The fraction of sp³-hybridized carbons (Fsp3) is 0.0667. The van der Waals surface area contributed by atoms with E-state index in [1.54, 1.807) is 10.9 Å². The minimum Gasteiger partial charge on any atom is -0.383 e. The van der Waals surface area contributed by atoms with E-state index in [4.69, 9.17) is 5.73 Å². The molecule has 0 aliphatic heterocycles. The molecular weight excluding hydrogens is 316 g/mol. The number of hydrogen-bond acceptors (Lipinski definition) is 3. The van der Waals surface area contributed by atoms with Crippen LogP contribution in [0.3, 0.4) is 0 Å². The second-order valence-corrected chi connectivity index (χ2v) is 5.37. The van der Waals surface area contributed by atoms with Crippen molar-refractivity contribution in [3.63, 3.8) is 0 Å². The molecule has 0 fully saturated rings. The number of aryl methyl sites for hydroxylation is 1. The molecule has 100 valence electrons. The average Bonchev–Trinajstić information content (AvgIpc) is 2.77. The summed E-state index contributed by atoms with van der Waals surface area (Å²) in [5.74, 6) is 0.613. The topological polar surface area (TPSA) is 56.7 Å². The van der Waals surface area contributed by atoms with Crippen molar-refractivity contribution in [3.8, 4) is 22.5 Å². The zero-order valence-electron chi connectivity index (χ0n) is 10.9. The number of nitrogen functional groups attached to an aromatic ring is 1. The Hall–Kier alpha value is -2.14. The Morgan fingerprint density at radius 3 is 2.50 bits per heavy atom. The van der Waals surface area contributed by atoms with E-state index in [0.717, 1.165) is 27.0 Å². The number of aromatic nitrogens is 3. The maximum absolute atomic E-state index is 6.15. The molecule has 2 aromatic heterocycles. The number of pyridine rings is 1. The molecule has 4 nitrogen and oxygen atoms in total. The Balaban J connectivity index is 2.22. The summed E-state index contributed by atoms with van der Waals surface area (Å²) in [6, 6.07) is 13.8. The molecule has 0 unspecified atom stereocenters. The normalized spacial score (nSPS) is 10.7. The quantitative estimate of drug-likeness (QED) is 0.783. The van der Waals surface area contributed by atoms with Gasteiger partial charge in [0, 0.05) is 23.3 Å². The SMILES string of the molecule is Cn1nc(-c2ccc(Br)cc2)c(-c2ccccn2)c1N. The molecule has 2 heterocycles. The highest BCUT2D eigenvalue weighted by molar-refractivity contribution is 9.10. The largest absolute Gasteiger partial charge is 0.383 e. The number of nitrogens with zero attached hydrogens (tertiary/aromatic N) is 3. The first kappa shape index (κ1) is 12.9. The van der Waals surface area contributed by atoms with Crippen LogP contribution in [0.4, 0.5) is 5.82 Å². The number of nitrogens with two attached hydrogens (primary N) is 1. The van der Waals surface area contributed by atoms with Crippen molar-refractivity contribution >= 4 is 21.7 Å². The van der Waals surface area contributed by atoms with Crippen LogP contribution in [0.2, 0.25) is 0 Å². The van der Waals surface area contributed by atoms with Crippen LogP contribution < -0.4 is 5.73 Å². The van der Waals surface area contributed by atoms with Gasteiger partial charge in [0.2, 0.25) is 0 Å². The van der Waals surface area contributed by atoms with Crippen molar-refractivity contribution in [2.24, 2.45) is 7.05 Å². The van der Waals surface area contributed by atoms with Gasteiger partial charge >= 0.3 is 0 Å². The molecule has 0 aliphatic rings. The highest BCUT2D eigenvalue weighted by Gasteiger charge is 2.17. The zero-order valence-corrected chi connectivity index (χ0v) is 12.5. The van der Waals surface area contributed by atoms with Crippen LogP contribution in [0.15, 0.2) is 53.1 Å². The maximum atomic E-state index is 6.15. The monoisotopic (exact) mass is 328 g/mol. The molecular formula is C15H13BrN4. The molecule has 3 aromatic rings. The number of anilines is 1. The Morgan fingerprint density at radius 1 is 1.10 bits per heavy atom. The molecule has 5 heteroatoms. The Bertz CT molecular complexity index is 733. The Kier molecular flexibility index (Phi) is 3.28. The molecule has 0 saturated heterocycles. The van der Waals surface area contributed by atoms with E-state index in [2.05, 4.69) is 26.0 Å². The lowest BCUT2D eigenvalue weighted by atomic mass is 10.0. The molecule has 1 aromatic carbocycles. The van der Waals surface area contributed by atoms with Crippen molar-refractivity contribution in [1.82, 2.24) is 14.8 Å². The second-order valence-electron chi connectivity index (χ2n) is 4.45. The van der Waals surface area contributed by atoms with Crippen LogP contribution in [-0.4, -0.2) is 14.8 Å². The van der Waals surface area contributed by atoms with Crippen LogP contribution in [0, 0.1) is 0 Å². The standard InChI is InChI=1S/C15H13BrN4/c1-20-15(17)13(12-4-2-3-9-18-12)14(19-20)10-5-7-11(16)8-6-10/h2-9H,17H2,1H3. The fourth-order valence-corrected chi connectivity index (χ4v) is 2.37. The molecule has 20 heavy (non-hydrogen) atoms. The molecule has 2 N–H and O–H groups in total. The van der Waals surface area contributed by atoms with Crippen molar-refractivity contribution in [1.29, 1.82) is 0 Å². The van der Waals surface area contributed by atoms with Gasteiger partial charge in [-0.25, -0.2) is 0 Å². The lowest BCUT2D eigenvalue weighted by Crippen LogP contribution is -1.98. The molecule has 3 rings (SSSR count). The van der Waals surface area contributed by atoms with Gasteiger partial charge in [-0.1, -0.05) is 34.1 Å². The predicted octanol–water partition coefficient (Wildman–Crippen LogP) is 3.49. The summed E-state index contributed by atoms with van der Waals surface area (Å²) >= 11 is 3.44. The van der Waals surface area contributed by atoms with Gasteiger partial charge in [0.15, 0.2) is 0 Å². The van der Waals surface area contributed by atoms with Crippen LogP contribution in [0.25, 0.3) is 22.5 Å². The van der Waals surface area contributed by atoms with Gasteiger partial charge in [0.05, 0.1) is 11.3 Å². The van der Waals surface area contributed by atoms with E-state index in [1.165, 1.54) is 0 Å². The number of hydrogen-bond donors (Lipinski definition) is 1. The summed E-state index contributed by atoms with van der Waals surface area (Å²) in [7, 11) is 1.84. The number of rotatable bonds is 2. The molecule has 0 saturated carbocycles. The van der Waals surface area contributed by atoms with E-state index >= 15 is 0 Å². The lowest BCUT2D eigenvalue weighted by Gasteiger charge is -2.03. The first-order chi connectivity index (χ1) is 9.66. The summed E-state index contributed by atoms with van der Waals surface area (Å²) in [6.07, 6.45) is 1.76. The highest BCUT2D eigenvalue weighted by atomic mass is 79.9. The summed E-state index contributed by atoms with van der Waals surface area (Å²) < 4.78 is 2.71. The van der Waals surface area contributed by atoms with Gasteiger partial charge in [0.25, 0.3) is 0 Å². The summed E-state index contributed by atoms with van der Waals surface area (Å²) in [4.78, 5) is 4.38. The molecule has 0 amide bonds. The first-order valence-corrected chi connectivity index (χ1v) is 6.96. The second kappa shape index (κ2) is 5.09. The Labute approximate surface area is 125 Å².